The van der Waals surface area contributed by atoms with Crippen LogP contribution in [-0.4, -0.2) is 50.4 Å². The molecule has 0 spiro atoms. The van der Waals surface area contributed by atoms with E-state index in [9.17, 15) is 9.59 Å². The van der Waals surface area contributed by atoms with Crippen molar-refractivity contribution in [2.75, 3.05) is 11.4 Å². The van der Waals surface area contributed by atoms with Crippen LogP contribution in [0.15, 0.2) is 67.4 Å². The van der Waals surface area contributed by atoms with Crippen LogP contribution in [0.1, 0.15) is 22.5 Å². The Balaban J connectivity index is 1.53. The van der Waals surface area contributed by atoms with Gasteiger partial charge in [-0.25, -0.2) is 9.97 Å². The molecule has 30 heavy (non-hydrogen) atoms. The number of hydrogen-bond donors (Lipinski definition) is 0. The molecule has 5 rings (SSSR count). The maximum atomic E-state index is 13.7. The monoisotopic (exact) mass is 401 g/mol. The average molecular weight is 401 g/mol. The predicted molar refractivity (Wildman–Crippen MR) is 108 cm³/mol. The normalized spacial score (nSPS) is 20.2. The quantitative estimate of drug-likeness (QED) is 0.668. The standard InChI is InChI=1S/C22H19N5O3/c28-21(15-10-23-14-24-11-15)27-13-17-9-19(27)22(29)26(12-16-5-3-4-8-25-16)18-6-1-2-7-20(18)30-17/h1-8,10-11,14,17,19H,9,12-13H2/t17-,19-/m0/s1. The highest BCUT2D eigenvalue weighted by molar-refractivity contribution is 6.03. The Morgan fingerprint density at radius 2 is 1.90 bits per heavy atom. The zero-order valence-electron chi connectivity index (χ0n) is 16.1. The van der Waals surface area contributed by atoms with Gasteiger partial charge < -0.3 is 14.5 Å². The molecule has 8 heteroatoms. The van der Waals surface area contributed by atoms with Gasteiger partial charge >= 0.3 is 0 Å². The van der Waals surface area contributed by atoms with Gasteiger partial charge in [0.2, 0.25) is 5.91 Å². The number of carbonyl (C=O) groups excluding carboxylic acids is 2. The molecule has 1 fully saturated rings. The Morgan fingerprint density at radius 3 is 2.70 bits per heavy atom. The molecule has 0 aliphatic carbocycles. The first-order valence-corrected chi connectivity index (χ1v) is 9.73. The van der Waals surface area contributed by atoms with Crippen molar-refractivity contribution < 1.29 is 14.3 Å². The van der Waals surface area contributed by atoms with Crippen LogP contribution in [0.3, 0.4) is 0 Å². The van der Waals surface area contributed by atoms with E-state index in [2.05, 4.69) is 15.0 Å². The number of para-hydroxylation sites is 2. The number of pyridine rings is 1. The van der Waals surface area contributed by atoms with Crippen LogP contribution in [0.25, 0.3) is 0 Å². The Morgan fingerprint density at radius 1 is 1.10 bits per heavy atom. The minimum absolute atomic E-state index is 0.149. The van der Waals surface area contributed by atoms with Gasteiger partial charge in [0.25, 0.3) is 5.91 Å². The number of aromatic nitrogens is 3. The number of carbonyl (C=O) groups is 2. The van der Waals surface area contributed by atoms with E-state index < -0.39 is 6.04 Å². The van der Waals surface area contributed by atoms with Gasteiger partial charge in [-0.2, -0.15) is 0 Å². The van der Waals surface area contributed by atoms with E-state index in [0.29, 0.717) is 30.0 Å². The SMILES string of the molecule is O=C1[C@@H]2C[C@@H](CN2C(=O)c2cncnc2)Oc2ccccc2N1Cc1ccccn1. The van der Waals surface area contributed by atoms with E-state index in [1.54, 1.807) is 16.0 Å². The molecule has 0 saturated carbocycles. The second kappa shape index (κ2) is 7.55. The van der Waals surface area contributed by atoms with E-state index in [1.165, 1.54) is 18.7 Å². The first-order chi connectivity index (χ1) is 14.7. The van der Waals surface area contributed by atoms with Crippen molar-refractivity contribution in [1.29, 1.82) is 0 Å². The second-order valence-electron chi connectivity index (χ2n) is 7.29. The minimum atomic E-state index is -0.625. The maximum absolute atomic E-state index is 13.7. The van der Waals surface area contributed by atoms with Crippen molar-refractivity contribution in [3.63, 3.8) is 0 Å². The summed E-state index contributed by atoms with van der Waals surface area (Å²) in [5.41, 5.74) is 1.79. The first kappa shape index (κ1) is 18.2. The van der Waals surface area contributed by atoms with Crippen molar-refractivity contribution in [3.05, 3.63) is 78.6 Å². The molecule has 2 aromatic heterocycles. The molecule has 3 aromatic rings. The summed E-state index contributed by atoms with van der Waals surface area (Å²) in [7, 11) is 0. The molecule has 2 aliphatic heterocycles. The fourth-order valence-corrected chi connectivity index (χ4v) is 3.99. The Kier molecular flexibility index (Phi) is 4.59. The number of fused-ring (bicyclic) bond motifs is 3. The highest BCUT2D eigenvalue weighted by Crippen LogP contribution is 2.37. The average Bonchev–Trinajstić information content (AvgIpc) is 3.22. The third-order valence-electron chi connectivity index (χ3n) is 5.38. The lowest BCUT2D eigenvalue weighted by molar-refractivity contribution is -0.122. The largest absolute Gasteiger partial charge is 0.486 e. The van der Waals surface area contributed by atoms with E-state index in [-0.39, 0.29) is 24.5 Å². The molecule has 8 nitrogen and oxygen atoms in total. The van der Waals surface area contributed by atoms with Crippen LogP contribution < -0.4 is 9.64 Å². The zero-order valence-corrected chi connectivity index (χ0v) is 16.1. The van der Waals surface area contributed by atoms with Crippen LogP contribution in [0.2, 0.25) is 0 Å². The summed E-state index contributed by atoms with van der Waals surface area (Å²) in [6.07, 6.45) is 6.17. The number of benzene rings is 1. The molecule has 150 valence electrons. The molecule has 2 bridgehead atoms. The highest BCUT2D eigenvalue weighted by atomic mass is 16.5. The summed E-state index contributed by atoms with van der Waals surface area (Å²) in [6.45, 7) is 0.619. The van der Waals surface area contributed by atoms with Gasteiger partial charge in [0.1, 0.15) is 24.2 Å². The van der Waals surface area contributed by atoms with E-state index in [0.717, 1.165) is 5.69 Å². The third-order valence-corrected chi connectivity index (χ3v) is 5.38. The molecule has 0 unspecified atom stereocenters. The molecule has 2 amide bonds. The molecule has 0 radical (unpaired) electrons. The van der Waals surface area contributed by atoms with E-state index in [1.807, 2.05) is 42.5 Å². The van der Waals surface area contributed by atoms with Crippen LogP contribution in [0.5, 0.6) is 5.75 Å². The van der Waals surface area contributed by atoms with Crippen molar-refractivity contribution in [3.8, 4) is 5.75 Å². The molecule has 0 N–H and O–H groups in total. The number of ether oxygens (including phenoxy) is 1. The van der Waals surface area contributed by atoms with Gasteiger partial charge in [-0.1, -0.05) is 18.2 Å². The number of likely N-dealkylation sites (tertiary alicyclic amines) is 1. The topological polar surface area (TPSA) is 88.5 Å². The molecule has 2 aliphatic rings. The summed E-state index contributed by atoms with van der Waals surface area (Å²) in [6, 6.07) is 12.4. The maximum Gasteiger partial charge on any atom is 0.257 e. The summed E-state index contributed by atoms with van der Waals surface area (Å²) < 4.78 is 6.22. The molecule has 1 saturated heterocycles. The lowest BCUT2D eigenvalue weighted by Crippen LogP contribution is -2.48. The lowest BCUT2D eigenvalue weighted by atomic mass is 10.1. The van der Waals surface area contributed by atoms with Crippen molar-refractivity contribution >= 4 is 17.5 Å². The number of nitrogens with zero attached hydrogens (tertiary/aromatic N) is 5. The van der Waals surface area contributed by atoms with E-state index in [4.69, 9.17) is 4.74 Å². The highest BCUT2D eigenvalue weighted by Gasteiger charge is 2.45. The Labute approximate surface area is 173 Å². The van der Waals surface area contributed by atoms with Gasteiger partial charge in [0.15, 0.2) is 0 Å². The van der Waals surface area contributed by atoms with Crippen LogP contribution >= 0.6 is 0 Å². The summed E-state index contributed by atoms with van der Waals surface area (Å²) in [5, 5.41) is 0. The summed E-state index contributed by atoms with van der Waals surface area (Å²) in [5.74, 6) is 0.204. The first-order valence-electron chi connectivity index (χ1n) is 9.73. The summed E-state index contributed by atoms with van der Waals surface area (Å²) >= 11 is 0. The van der Waals surface area contributed by atoms with Crippen molar-refractivity contribution in [2.45, 2.75) is 25.1 Å². The van der Waals surface area contributed by atoms with E-state index >= 15 is 0 Å². The second-order valence-corrected chi connectivity index (χ2v) is 7.29. The van der Waals surface area contributed by atoms with Crippen LogP contribution in [0.4, 0.5) is 5.69 Å². The number of amides is 2. The molecule has 2 atom stereocenters. The van der Waals surface area contributed by atoms with Crippen LogP contribution in [0, 0.1) is 0 Å². The molecular weight excluding hydrogens is 382 g/mol. The van der Waals surface area contributed by atoms with Crippen molar-refractivity contribution in [1.82, 2.24) is 19.9 Å². The van der Waals surface area contributed by atoms with Gasteiger partial charge in [-0.15, -0.1) is 0 Å². The van der Waals surface area contributed by atoms with Gasteiger partial charge in [-0.3, -0.25) is 14.6 Å². The number of hydrogen-bond acceptors (Lipinski definition) is 6. The van der Waals surface area contributed by atoms with Crippen molar-refractivity contribution in [2.24, 2.45) is 0 Å². The smallest absolute Gasteiger partial charge is 0.257 e. The molecular formula is C22H19N5O3. The van der Waals surface area contributed by atoms with Gasteiger partial charge in [0.05, 0.1) is 30.0 Å². The van der Waals surface area contributed by atoms with Crippen LogP contribution in [-0.2, 0) is 11.3 Å². The van der Waals surface area contributed by atoms with Gasteiger partial charge in [-0.05, 0) is 24.3 Å². The third kappa shape index (κ3) is 3.26. The van der Waals surface area contributed by atoms with Gasteiger partial charge in [0, 0.05) is 25.0 Å². The Hall–Kier alpha value is -3.81. The molecule has 4 heterocycles. The Bertz CT molecular complexity index is 1080. The molecule has 1 aromatic carbocycles. The fourth-order valence-electron chi connectivity index (χ4n) is 3.99. The zero-order chi connectivity index (χ0) is 20.5. The summed E-state index contributed by atoms with van der Waals surface area (Å²) in [4.78, 5) is 42.2. The fraction of sp³-hybridized carbons (Fsp3) is 0.227. The number of rotatable bonds is 3. The lowest BCUT2D eigenvalue weighted by Gasteiger charge is -2.31. The number of anilines is 1. The predicted octanol–water partition coefficient (Wildman–Crippen LogP) is 2.08. The minimum Gasteiger partial charge on any atom is -0.486 e.